The van der Waals surface area contributed by atoms with Gasteiger partial charge in [0, 0.05) is 32.7 Å². The van der Waals surface area contributed by atoms with Gasteiger partial charge in [0.15, 0.2) is 0 Å². The molecule has 1 fully saturated rings. The summed E-state index contributed by atoms with van der Waals surface area (Å²) in [6, 6.07) is 6.05. The van der Waals surface area contributed by atoms with Gasteiger partial charge >= 0.3 is 6.09 Å². The lowest BCUT2D eigenvalue weighted by Crippen LogP contribution is -2.51. The summed E-state index contributed by atoms with van der Waals surface area (Å²) in [4.78, 5) is 15.5. The average Bonchev–Trinajstić information content (AvgIpc) is 2.56. The van der Waals surface area contributed by atoms with Crippen molar-refractivity contribution >= 4 is 6.09 Å². The van der Waals surface area contributed by atoms with Gasteiger partial charge in [-0.15, -0.1) is 0 Å². The van der Waals surface area contributed by atoms with Crippen LogP contribution >= 0.6 is 0 Å². The summed E-state index contributed by atoms with van der Waals surface area (Å²) in [6.45, 7) is 9.75. The highest BCUT2D eigenvalue weighted by atomic mass is 16.6. The number of amides is 1. The number of carbonyl (C=O) groups excluding carboxylic acids is 1. The monoisotopic (exact) mass is 336 g/mol. The summed E-state index contributed by atoms with van der Waals surface area (Å²) < 4.78 is 10.8. The van der Waals surface area contributed by atoms with Crippen LogP contribution < -0.4 is 4.74 Å². The number of hydrogen-bond acceptors (Lipinski definition) is 5. The molecule has 0 aromatic heterocycles. The first-order valence-electron chi connectivity index (χ1n) is 8.51. The quantitative estimate of drug-likeness (QED) is 0.858. The lowest BCUT2D eigenvalue weighted by Gasteiger charge is -2.34. The van der Waals surface area contributed by atoms with Gasteiger partial charge in [0.25, 0.3) is 0 Å². The summed E-state index contributed by atoms with van der Waals surface area (Å²) in [6.07, 6.45) is -0.810. The van der Waals surface area contributed by atoms with Gasteiger partial charge in [0.2, 0.25) is 0 Å². The molecule has 1 N–H and O–H groups in total. The molecule has 6 heteroatoms. The average molecular weight is 336 g/mol. The molecule has 1 aliphatic rings. The lowest BCUT2D eigenvalue weighted by molar-refractivity contribution is 0.0406. The van der Waals surface area contributed by atoms with E-state index in [4.69, 9.17) is 9.47 Å². The molecule has 134 valence electrons. The Bertz CT molecular complexity index is 542. The third-order valence-electron chi connectivity index (χ3n) is 4.14. The molecule has 1 amide bonds. The maximum Gasteiger partial charge on any atom is 0.409 e. The Kier molecular flexibility index (Phi) is 6.87. The van der Waals surface area contributed by atoms with Gasteiger partial charge in [-0.25, -0.2) is 4.79 Å². The van der Waals surface area contributed by atoms with Crippen LogP contribution in [0.15, 0.2) is 18.2 Å². The van der Waals surface area contributed by atoms with Crippen LogP contribution in [0.3, 0.4) is 0 Å². The molecule has 1 saturated heterocycles. The number of aliphatic hydroxyl groups is 1. The standard InChI is InChI=1S/C18H28N2O4/c1-4-23-18(22)20-9-7-19(8-10-20)12-16(21)13-24-17-11-14(2)5-6-15(17)3/h5-6,11,16,21H,4,7-10,12-13H2,1-3H3/t16-/m1/s1. The Morgan fingerprint density at radius 2 is 1.96 bits per heavy atom. The molecular weight excluding hydrogens is 308 g/mol. The molecule has 1 atom stereocenters. The summed E-state index contributed by atoms with van der Waals surface area (Å²) >= 11 is 0. The fourth-order valence-corrected chi connectivity index (χ4v) is 2.73. The van der Waals surface area contributed by atoms with Crippen LogP contribution in [0.4, 0.5) is 4.79 Å². The highest BCUT2D eigenvalue weighted by Gasteiger charge is 2.23. The largest absolute Gasteiger partial charge is 0.491 e. The van der Waals surface area contributed by atoms with E-state index >= 15 is 0 Å². The number of carbonyl (C=O) groups is 1. The van der Waals surface area contributed by atoms with Crippen LogP contribution in [0.1, 0.15) is 18.1 Å². The van der Waals surface area contributed by atoms with Crippen molar-refractivity contribution in [3.05, 3.63) is 29.3 Å². The fraction of sp³-hybridized carbons (Fsp3) is 0.611. The number of β-amino-alcohol motifs (C(OH)–C–C–N with tert-alkyl or cyclic N) is 1. The topological polar surface area (TPSA) is 62.2 Å². The molecule has 1 aromatic rings. The molecule has 0 unspecified atom stereocenters. The first-order valence-corrected chi connectivity index (χ1v) is 8.51. The molecule has 6 nitrogen and oxygen atoms in total. The number of hydrogen-bond donors (Lipinski definition) is 1. The maximum absolute atomic E-state index is 11.7. The zero-order valence-corrected chi connectivity index (χ0v) is 14.8. The van der Waals surface area contributed by atoms with E-state index in [1.54, 1.807) is 11.8 Å². The Balaban J connectivity index is 1.72. The molecule has 0 spiro atoms. The van der Waals surface area contributed by atoms with Gasteiger partial charge in [0.1, 0.15) is 18.5 Å². The SMILES string of the molecule is CCOC(=O)N1CCN(C[C@@H](O)COc2cc(C)ccc2C)CC1. The first-order chi connectivity index (χ1) is 11.5. The van der Waals surface area contributed by atoms with Gasteiger partial charge in [-0.05, 0) is 38.0 Å². The predicted octanol–water partition coefficient (Wildman–Crippen LogP) is 1.82. The smallest absolute Gasteiger partial charge is 0.409 e. The molecule has 1 aliphatic heterocycles. The third kappa shape index (κ3) is 5.39. The maximum atomic E-state index is 11.7. The molecule has 1 aromatic carbocycles. The zero-order chi connectivity index (χ0) is 17.5. The van der Waals surface area contributed by atoms with Crippen molar-refractivity contribution in [2.75, 3.05) is 45.9 Å². The summed E-state index contributed by atoms with van der Waals surface area (Å²) in [5, 5.41) is 10.2. The number of ether oxygens (including phenoxy) is 2. The van der Waals surface area contributed by atoms with Gasteiger partial charge < -0.3 is 19.5 Å². The minimum Gasteiger partial charge on any atom is -0.491 e. The normalized spacial score (nSPS) is 16.8. The lowest BCUT2D eigenvalue weighted by atomic mass is 10.1. The van der Waals surface area contributed by atoms with Crippen molar-refractivity contribution in [2.24, 2.45) is 0 Å². The van der Waals surface area contributed by atoms with Crippen LogP contribution in [0.2, 0.25) is 0 Å². The van der Waals surface area contributed by atoms with Crippen LogP contribution in [-0.2, 0) is 4.74 Å². The Morgan fingerprint density at radius 1 is 1.25 bits per heavy atom. The number of rotatable bonds is 6. The molecule has 1 heterocycles. The second kappa shape index (κ2) is 8.89. The summed E-state index contributed by atoms with van der Waals surface area (Å²) in [5.41, 5.74) is 2.20. The van der Waals surface area contributed by atoms with E-state index in [9.17, 15) is 9.90 Å². The van der Waals surface area contributed by atoms with Crippen LogP contribution in [0.5, 0.6) is 5.75 Å². The number of aryl methyl sites for hydroxylation is 2. The Hall–Kier alpha value is -1.79. The second-order valence-electron chi connectivity index (χ2n) is 6.22. The number of piperazine rings is 1. The van der Waals surface area contributed by atoms with Crippen molar-refractivity contribution in [1.82, 2.24) is 9.80 Å². The van der Waals surface area contributed by atoms with Gasteiger partial charge in [-0.2, -0.15) is 0 Å². The Labute approximate surface area is 144 Å². The molecular formula is C18H28N2O4. The molecule has 0 bridgehead atoms. The zero-order valence-electron chi connectivity index (χ0n) is 14.8. The van der Waals surface area contributed by atoms with E-state index in [1.807, 2.05) is 32.0 Å². The minimum atomic E-state index is -0.556. The second-order valence-corrected chi connectivity index (χ2v) is 6.22. The van der Waals surface area contributed by atoms with Crippen molar-refractivity contribution in [2.45, 2.75) is 26.9 Å². The van der Waals surface area contributed by atoms with E-state index in [-0.39, 0.29) is 12.7 Å². The highest BCUT2D eigenvalue weighted by Crippen LogP contribution is 2.19. The molecule has 0 saturated carbocycles. The van der Waals surface area contributed by atoms with E-state index in [1.165, 1.54) is 0 Å². The van der Waals surface area contributed by atoms with E-state index < -0.39 is 6.10 Å². The van der Waals surface area contributed by atoms with Crippen molar-refractivity contribution in [3.63, 3.8) is 0 Å². The summed E-state index contributed by atoms with van der Waals surface area (Å²) in [5.74, 6) is 0.821. The molecule has 0 radical (unpaired) electrons. The third-order valence-corrected chi connectivity index (χ3v) is 4.14. The van der Waals surface area contributed by atoms with E-state index in [2.05, 4.69) is 4.90 Å². The van der Waals surface area contributed by atoms with Crippen LogP contribution in [0, 0.1) is 13.8 Å². The minimum absolute atomic E-state index is 0.254. The predicted molar refractivity (Wildman–Crippen MR) is 92.5 cm³/mol. The highest BCUT2D eigenvalue weighted by molar-refractivity contribution is 5.67. The van der Waals surface area contributed by atoms with Crippen molar-refractivity contribution in [3.8, 4) is 5.75 Å². The van der Waals surface area contributed by atoms with Gasteiger partial charge in [0.05, 0.1) is 6.61 Å². The number of nitrogens with zero attached hydrogens (tertiary/aromatic N) is 2. The molecule has 24 heavy (non-hydrogen) atoms. The Morgan fingerprint density at radius 3 is 2.62 bits per heavy atom. The fourth-order valence-electron chi connectivity index (χ4n) is 2.73. The van der Waals surface area contributed by atoms with Gasteiger partial charge in [-0.3, -0.25) is 4.90 Å². The molecule has 0 aliphatic carbocycles. The molecule has 2 rings (SSSR count). The van der Waals surface area contributed by atoms with E-state index in [0.717, 1.165) is 30.0 Å². The van der Waals surface area contributed by atoms with Crippen LogP contribution in [0.25, 0.3) is 0 Å². The summed E-state index contributed by atoms with van der Waals surface area (Å²) in [7, 11) is 0. The van der Waals surface area contributed by atoms with E-state index in [0.29, 0.717) is 26.2 Å². The van der Waals surface area contributed by atoms with Crippen molar-refractivity contribution < 1.29 is 19.4 Å². The first kappa shape index (κ1) is 18.5. The number of aliphatic hydroxyl groups excluding tert-OH is 1. The van der Waals surface area contributed by atoms with Crippen molar-refractivity contribution in [1.29, 1.82) is 0 Å². The van der Waals surface area contributed by atoms with Gasteiger partial charge in [-0.1, -0.05) is 12.1 Å². The number of benzene rings is 1. The van der Waals surface area contributed by atoms with Crippen LogP contribution in [-0.4, -0.2) is 73.0 Å².